The normalized spacial score (nSPS) is 22.8. The van der Waals surface area contributed by atoms with Gasteiger partial charge in [0.15, 0.2) is 0 Å². The lowest BCUT2D eigenvalue weighted by molar-refractivity contribution is -0.384. The van der Waals surface area contributed by atoms with Crippen LogP contribution in [0.5, 0.6) is 0 Å². The van der Waals surface area contributed by atoms with Crippen LogP contribution >= 0.6 is 11.8 Å². The van der Waals surface area contributed by atoms with Crippen molar-refractivity contribution in [2.75, 3.05) is 12.4 Å². The molecule has 2 aliphatic heterocycles. The molecule has 0 saturated carbocycles. The average molecular weight is 465 g/mol. The highest BCUT2D eigenvalue weighted by molar-refractivity contribution is 8.03. The lowest BCUT2D eigenvalue weighted by atomic mass is 9.79. The molecule has 0 aromatic heterocycles. The van der Waals surface area contributed by atoms with Crippen LogP contribution in [0.25, 0.3) is 0 Å². The second kappa shape index (κ2) is 9.57. The van der Waals surface area contributed by atoms with E-state index in [4.69, 9.17) is 15.2 Å². The van der Waals surface area contributed by atoms with Gasteiger partial charge in [-0.2, -0.15) is 0 Å². The summed E-state index contributed by atoms with van der Waals surface area (Å²) in [7, 11) is 0. The van der Waals surface area contributed by atoms with Gasteiger partial charge < -0.3 is 25.2 Å². The number of aliphatic hydroxyl groups excluding tert-OH is 1. The third-order valence-electron chi connectivity index (χ3n) is 5.40. The second-order valence-electron chi connectivity index (χ2n) is 7.48. The fourth-order valence-corrected chi connectivity index (χ4v) is 5.04. The molecule has 0 aliphatic carbocycles. The zero-order valence-electron chi connectivity index (χ0n) is 17.4. The third-order valence-corrected chi connectivity index (χ3v) is 6.65. The van der Waals surface area contributed by atoms with Crippen molar-refractivity contribution in [3.05, 3.63) is 50.5 Å². The Morgan fingerprint density at radius 3 is 2.53 bits per heavy atom. The maximum Gasteiger partial charge on any atom is 0.404 e. The second-order valence-corrected chi connectivity index (χ2v) is 8.62. The average Bonchev–Trinajstić information content (AvgIpc) is 2.97. The van der Waals surface area contributed by atoms with Crippen LogP contribution in [0, 0.1) is 22.0 Å². The summed E-state index contributed by atoms with van der Waals surface area (Å²) in [5.41, 5.74) is 5.53. The van der Waals surface area contributed by atoms with Crippen molar-refractivity contribution in [1.29, 1.82) is 0 Å². The molecule has 2 heterocycles. The van der Waals surface area contributed by atoms with Gasteiger partial charge in [0.05, 0.1) is 23.0 Å². The number of fused-ring (bicyclic) bond motifs is 1. The standard InChI is InChI=1S/C20H23N3O8S/c1-10-15-14(11(2)24)18(25)22(15)16(17(10)32-8-7-30-20(21)27)19(26)31-9-12-3-5-13(6-4-12)23(28)29/h3-6,10-11,14-15,24H,7-9H2,1-2H3,(H2,21,27)/t10-,11-,14-,15-/m1/s1. The van der Waals surface area contributed by atoms with Crippen molar-refractivity contribution in [2.24, 2.45) is 17.6 Å². The summed E-state index contributed by atoms with van der Waals surface area (Å²) in [6, 6.07) is 5.21. The van der Waals surface area contributed by atoms with Crippen LogP contribution in [0.4, 0.5) is 10.5 Å². The molecule has 0 radical (unpaired) electrons. The van der Waals surface area contributed by atoms with Gasteiger partial charge in [-0.3, -0.25) is 14.9 Å². The fraction of sp³-hybridized carbons (Fsp3) is 0.450. The number of carbonyl (C=O) groups is 3. The van der Waals surface area contributed by atoms with Crippen molar-refractivity contribution < 1.29 is 33.9 Å². The largest absolute Gasteiger partial charge is 0.456 e. The van der Waals surface area contributed by atoms with Gasteiger partial charge in [-0.05, 0) is 24.6 Å². The molecule has 11 nitrogen and oxygen atoms in total. The lowest BCUT2D eigenvalue weighted by Gasteiger charge is -2.46. The lowest BCUT2D eigenvalue weighted by Crippen LogP contribution is -2.63. The summed E-state index contributed by atoms with van der Waals surface area (Å²) in [6.45, 7) is 3.28. The number of β-lactam (4-membered cyclic amide) rings is 1. The predicted molar refractivity (Wildman–Crippen MR) is 113 cm³/mol. The van der Waals surface area contributed by atoms with Crippen molar-refractivity contribution >= 4 is 35.4 Å². The highest BCUT2D eigenvalue weighted by atomic mass is 32.2. The van der Waals surface area contributed by atoms with E-state index in [-0.39, 0.29) is 42.5 Å². The number of aliphatic hydroxyl groups is 1. The van der Waals surface area contributed by atoms with E-state index in [0.717, 1.165) is 0 Å². The first-order valence-electron chi connectivity index (χ1n) is 9.84. The number of nitro benzene ring substituents is 1. The number of benzene rings is 1. The van der Waals surface area contributed by atoms with Crippen LogP contribution in [0.15, 0.2) is 34.9 Å². The Bertz CT molecular complexity index is 962. The summed E-state index contributed by atoms with van der Waals surface area (Å²) < 4.78 is 10.1. The van der Waals surface area contributed by atoms with E-state index in [9.17, 15) is 29.6 Å². The van der Waals surface area contributed by atoms with Crippen LogP contribution in [0.3, 0.4) is 0 Å². The number of non-ortho nitro benzene ring substituents is 1. The van der Waals surface area contributed by atoms with Crippen molar-refractivity contribution in [3.63, 3.8) is 0 Å². The van der Waals surface area contributed by atoms with Gasteiger partial charge in [0.25, 0.3) is 5.69 Å². The molecule has 0 spiro atoms. The van der Waals surface area contributed by atoms with Gasteiger partial charge in [-0.15, -0.1) is 11.8 Å². The van der Waals surface area contributed by atoms with Crippen LogP contribution in [-0.2, 0) is 25.7 Å². The van der Waals surface area contributed by atoms with E-state index in [1.165, 1.54) is 47.9 Å². The molecular weight excluding hydrogens is 442 g/mol. The first-order valence-corrected chi connectivity index (χ1v) is 10.8. The molecule has 12 heteroatoms. The Hall–Kier alpha value is -3.12. The number of hydrogen-bond acceptors (Lipinski definition) is 9. The molecule has 1 aromatic rings. The summed E-state index contributed by atoms with van der Waals surface area (Å²) >= 11 is 1.26. The highest BCUT2D eigenvalue weighted by Gasteiger charge is 2.60. The Balaban J connectivity index is 1.76. The van der Waals surface area contributed by atoms with E-state index in [1.54, 1.807) is 0 Å². The van der Waals surface area contributed by atoms with Gasteiger partial charge in [0, 0.05) is 28.7 Å². The van der Waals surface area contributed by atoms with Crippen LogP contribution in [-0.4, -0.2) is 57.4 Å². The van der Waals surface area contributed by atoms with Gasteiger partial charge in [-0.1, -0.05) is 6.92 Å². The van der Waals surface area contributed by atoms with E-state index in [1.807, 2.05) is 6.92 Å². The number of rotatable bonds is 9. The quantitative estimate of drug-likeness (QED) is 0.181. The number of ether oxygens (including phenoxy) is 2. The fourth-order valence-electron chi connectivity index (χ4n) is 3.93. The summed E-state index contributed by atoms with van der Waals surface area (Å²) in [5, 5.41) is 20.8. The molecule has 1 aromatic carbocycles. The molecule has 4 atom stereocenters. The van der Waals surface area contributed by atoms with Gasteiger partial charge in [0.1, 0.15) is 18.9 Å². The number of amides is 2. The molecule has 3 rings (SSSR count). The number of esters is 1. The van der Waals surface area contributed by atoms with E-state index < -0.39 is 29.0 Å². The number of hydrogen-bond donors (Lipinski definition) is 2. The molecule has 172 valence electrons. The first kappa shape index (κ1) is 23.5. The molecule has 3 N–H and O–H groups in total. The van der Waals surface area contributed by atoms with Gasteiger partial charge in [0.2, 0.25) is 5.91 Å². The van der Waals surface area contributed by atoms with Crippen LogP contribution < -0.4 is 5.73 Å². The topological polar surface area (TPSA) is 162 Å². The number of primary amides is 1. The Morgan fingerprint density at radius 1 is 1.31 bits per heavy atom. The molecular formula is C20H23N3O8S. The molecule has 0 bridgehead atoms. The molecule has 1 fully saturated rings. The Morgan fingerprint density at radius 2 is 1.97 bits per heavy atom. The summed E-state index contributed by atoms with van der Waals surface area (Å²) in [5.74, 6) is -1.61. The van der Waals surface area contributed by atoms with Gasteiger partial charge >= 0.3 is 12.1 Å². The van der Waals surface area contributed by atoms with E-state index in [2.05, 4.69) is 0 Å². The minimum Gasteiger partial charge on any atom is -0.456 e. The number of thioether (sulfide) groups is 1. The molecule has 1 saturated heterocycles. The summed E-state index contributed by atoms with van der Waals surface area (Å²) in [4.78, 5) is 48.6. The van der Waals surface area contributed by atoms with E-state index in [0.29, 0.717) is 16.2 Å². The van der Waals surface area contributed by atoms with Crippen LogP contribution in [0.2, 0.25) is 0 Å². The Kier molecular flexibility index (Phi) is 7.04. The van der Waals surface area contributed by atoms with Crippen molar-refractivity contribution in [1.82, 2.24) is 4.90 Å². The Labute approximate surface area is 187 Å². The van der Waals surface area contributed by atoms with Crippen LogP contribution in [0.1, 0.15) is 19.4 Å². The first-order chi connectivity index (χ1) is 15.1. The molecule has 2 amide bonds. The third kappa shape index (κ3) is 4.55. The maximum absolute atomic E-state index is 12.9. The molecule has 32 heavy (non-hydrogen) atoms. The molecule has 2 aliphatic rings. The number of nitro groups is 1. The smallest absolute Gasteiger partial charge is 0.404 e. The number of nitrogens with zero attached hydrogens (tertiary/aromatic N) is 2. The minimum absolute atomic E-state index is 0.0276. The summed E-state index contributed by atoms with van der Waals surface area (Å²) in [6.07, 6.45) is -1.78. The highest BCUT2D eigenvalue weighted by Crippen LogP contribution is 2.50. The van der Waals surface area contributed by atoms with Crippen molar-refractivity contribution in [2.45, 2.75) is 32.6 Å². The van der Waals surface area contributed by atoms with Gasteiger partial charge in [-0.25, -0.2) is 9.59 Å². The number of nitrogens with two attached hydrogens (primary N) is 1. The maximum atomic E-state index is 12.9. The minimum atomic E-state index is -0.907. The molecule has 0 unspecified atom stereocenters. The van der Waals surface area contributed by atoms with E-state index >= 15 is 0 Å². The van der Waals surface area contributed by atoms with Crippen molar-refractivity contribution in [3.8, 4) is 0 Å². The SMILES string of the molecule is C[C@@H](O)[C@H]1C(=O)N2C(C(=O)OCc3ccc([N+](=O)[O-])cc3)=C(SCCOC(N)=O)[C@H](C)[C@H]12. The predicted octanol–water partition coefficient (Wildman–Crippen LogP) is 1.54. The number of carbonyl (C=O) groups excluding carboxylic acids is 3. The zero-order valence-corrected chi connectivity index (χ0v) is 18.2. The monoisotopic (exact) mass is 465 g/mol. The zero-order chi connectivity index (χ0) is 23.6.